The molecule has 0 saturated heterocycles. The van der Waals surface area contributed by atoms with Crippen LogP contribution >= 0.6 is 12.2 Å². The van der Waals surface area contributed by atoms with Gasteiger partial charge in [-0.05, 0) is 35.5 Å². The Hall–Kier alpha value is -0.440. The predicted octanol–water partition coefficient (Wildman–Crippen LogP) is 2.99. The van der Waals surface area contributed by atoms with Gasteiger partial charge in [-0.25, -0.2) is 0 Å². The molecule has 0 N–H and O–H groups in total. The standard InChI is InChI=1S/C12H20O2S/c1-12(2,3)9(11(13)14-4)7-10(15)8-5-6-8/h8-9H,5-7H2,1-4H3/t9-/m1/s1. The highest BCUT2D eigenvalue weighted by Gasteiger charge is 2.36. The van der Waals surface area contributed by atoms with E-state index >= 15 is 0 Å². The molecular weight excluding hydrogens is 208 g/mol. The molecule has 0 heterocycles. The maximum absolute atomic E-state index is 11.7. The SMILES string of the molecule is COC(=O)[C@@H](CC(=S)C1CC1)C(C)(C)C. The van der Waals surface area contributed by atoms with Crippen LogP contribution in [0.3, 0.4) is 0 Å². The summed E-state index contributed by atoms with van der Waals surface area (Å²) >= 11 is 5.34. The van der Waals surface area contributed by atoms with Gasteiger partial charge in [0, 0.05) is 0 Å². The van der Waals surface area contributed by atoms with Crippen LogP contribution in [0.5, 0.6) is 0 Å². The lowest BCUT2D eigenvalue weighted by Crippen LogP contribution is -2.31. The third-order valence-corrected chi connectivity index (χ3v) is 3.47. The minimum absolute atomic E-state index is 0.0773. The molecule has 0 spiro atoms. The molecule has 0 unspecified atom stereocenters. The van der Waals surface area contributed by atoms with Crippen molar-refractivity contribution in [2.45, 2.75) is 40.0 Å². The maximum atomic E-state index is 11.7. The zero-order chi connectivity index (χ0) is 11.6. The molecule has 1 aliphatic rings. The number of methoxy groups -OCH3 is 1. The van der Waals surface area contributed by atoms with E-state index in [9.17, 15) is 4.79 Å². The Morgan fingerprint density at radius 1 is 1.47 bits per heavy atom. The number of hydrogen-bond donors (Lipinski definition) is 0. The van der Waals surface area contributed by atoms with Gasteiger partial charge >= 0.3 is 5.97 Å². The van der Waals surface area contributed by atoms with Crippen LogP contribution in [0.2, 0.25) is 0 Å². The zero-order valence-electron chi connectivity index (χ0n) is 10.0. The van der Waals surface area contributed by atoms with Gasteiger partial charge < -0.3 is 4.74 Å². The lowest BCUT2D eigenvalue weighted by atomic mass is 9.77. The summed E-state index contributed by atoms with van der Waals surface area (Å²) in [5, 5.41) is 0. The number of carbonyl (C=O) groups is 1. The summed E-state index contributed by atoms with van der Waals surface area (Å²) in [6.45, 7) is 6.18. The van der Waals surface area contributed by atoms with Gasteiger partial charge in [-0.3, -0.25) is 4.79 Å². The molecular formula is C12H20O2S. The highest BCUT2D eigenvalue weighted by molar-refractivity contribution is 7.80. The average molecular weight is 228 g/mol. The molecule has 0 aromatic heterocycles. The van der Waals surface area contributed by atoms with Gasteiger partial charge in [0.05, 0.1) is 13.0 Å². The van der Waals surface area contributed by atoms with E-state index in [0.717, 1.165) is 4.86 Å². The van der Waals surface area contributed by atoms with Gasteiger partial charge in [0.15, 0.2) is 0 Å². The number of carbonyl (C=O) groups excluding carboxylic acids is 1. The monoisotopic (exact) mass is 228 g/mol. The molecule has 1 aliphatic carbocycles. The molecule has 3 heteroatoms. The van der Waals surface area contributed by atoms with Crippen LogP contribution in [0, 0.1) is 17.3 Å². The van der Waals surface area contributed by atoms with Crippen molar-refractivity contribution < 1.29 is 9.53 Å². The first-order valence-electron chi connectivity index (χ1n) is 5.46. The van der Waals surface area contributed by atoms with E-state index in [1.165, 1.54) is 20.0 Å². The normalized spacial score (nSPS) is 18.4. The Kier molecular flexibility index (Phi) is 3.87. The second kappa shape index (κ2) is 4.60. The smallest absolute Gasteiger partial charge is 0.309 e. The van der Waals surface area contributed by atoms with E-state index in [-0.39, 0.29) is 17.3 Å². The first-order chi connectivity index (χ1) is 6.86. The maximum Gasteiger partial charge on any atom is 0.309 e. The van der Waals surface area contributed by atoms with E-state index in [4.69, 9.17) is 17.0 Å². The van der Waals surface area contributed by atoms with Gasteiger partial charge in [0.25, 0.3) is 0 Å². The van der Waals surface area contributed by atoms with Crippen LogP contribution in [0.25, 0.3) is 0 Å². The van der Waals surface area contributed by atoms with Gasteiger partial charge in [0.2, 0.25) is 0 Å². The second-order valence-corrected chi connectivity index (χ2v) is 5.91. The van der Waals surface area contributed by atoms with Crippen molar-refractivity contribution in [3.8, 4) is 0 Å². The summed E-state index contributed by atoms with van der Waals surface area (Å²) in [6.07, 6.45) is 3.11. The Morgan fingerprint density at radius 3 is 2.33 bits per heavy atom. The lowest BCUT2D eigenvalue weighted by molar-refractivity contribution is -0.148. The summed E-state index contributed by atoms with van der Waals surface area (Å²) in [5.41, 5.74) is -0.0773. The Morgan fingerprint density at radius 2 is 2.00 bits per heavy atom. The van der Waals surface area contributed by atoms with Crippen LogP contribution in [0.1, 0.15) is 40.0 Å². The second-order valence-electron chi connectivity index (χ2n) is 5.39. The van der Waals surface area contributed by atoms with Gasteiger partial charge in [-0.1, -0.05) is 33.0 Å². The first kappa shape index (κ1) is 12.6. The number of hydrogen-bond acceptors (Lipinski definition) is 3. The first-order valence-corrected chi connectivity index (χ1v) is 5.87. The Labute approximate surface area is 97.4 Å². The van der Waals surface area contributed by atoms with Crippen LogP contribution in [-0.4, -0.2) is 17.9 Å². The van der Waals surface area contributed by atoms with Crippen LogP contribution in [-0.2, 0) is 9.53 Å². The van der Waals surface area contributed by atoms with E-state index in [2.05, 4.69) is 20.8 Å². The third-order valence-electron chi connectivity index (χ3n) is 2.97. The molecule has 0 aromatic carbocycles. The molecule has 1 rings (SSSR count). The van der Waals surface area contributed by atoms with E-state index in [0.29, 0.717) is 12.3 Å². The van der Waals surface area contributed by atoms with Gasteiger partial charge in [0.1, 0.15) is 0 Å². The molecule has 1 fully saturated rings. The summed E-state index contributed by atoms with van der Waals surface area (Å²) < 4.78 is 4.84. The molecule has 2 nitrogen and oxygen atoms in total. The largest absolute Gasteiger partial charge is 0.469 e. The van der Waals surface area contributed by atoms with Crippen LogP contribution in [0.15, 0.2) is 0 Å². The minimum atomic E-state index is -0.134. The highest BCUT2D eigenvalue weighted by atomic mass is 32.1. The van der Waals surface area contributed by atoms with E-state index in [1.54, 1.807) is 0 Å². The molecule has 0 aliphatic heterocycles. The van der Waals surface area contributed by atoms with Crippen molar-refractivity contribution in [2.24, 2.45) is 17.3 Å². The Balaban J connectivity index is 2.63. The van der Waals surface area contributed by atoms with Crippen molar-refractivity contribution in [1.29, 1.82) is 0 Å². The van der Waals surface area contributed by atoms with Crippen molar-refractivity contribution in [2.75, 3.05) is 7.11 Å². The van der Waals surface area contributed by atoms with Crippen molar-refractivity contribution in [1.82, 2.24) is 0 Å². The molecule has 86 valence electrons. The summed E-state index contributed by atoms with van der Waals surface area (Å²) in [7, 11) is 1.45. The fourth-order valence-electron chi connectivity index (χ4n) is 1.66. The van der Waals surface area contributed by atoms with Crippen LogP contribution in [0.4, 0.5) is 0 Å². The average Bonchev–Trinajstić information content (AvgIpc) is 2.93. The van der Waals surface area contributed by atoms with Gasteiger partial charge in [-0.2, -0.15) is 0 Å². The van der Waals surface area contributed by atoms with Crippen molar-refractivity contribution in [3.63, 3.8) is 0 Å². The van der Waals surface area contributed by atoms with E-state index in [1.807, 2.05) is 0 Å². The molecule has 1 atom stereocenters. The highest BCUT2D eigenvalue weighted by Crippen LogP contribution is 2.37. The Bertz CT molecular complexity index is 261. The number of ether oxygens (including phenoxy) is 1. The quantitative estimate of drug-likeness (QED) is 0.546. The fourth-order valence-corrected chi connectivity index (χ4v) is 2.06. The van der Waals surface area contributed by atoms with E-state index < -0.39 is 0 Å². The van der Waals surface area contributed by atoms with Gasteiger partial charge in [-0.15, -0.1) is 0 Å². The number of thiocarbonyl (C=S) groups is 1. The fraction of sp³-hybridized carbons (Fsp3) is 0.833. The van der Waals surface area contributed by atoms with Crippen LogP contribution < -0.4 is 0 Å². The summed E-state index contributed by atoms with van der Waals surface area (Å²) in [6, 6.07) is 0. The molecule has 1 saturated carbocycles. The molecule has 15 heavy (non-hydrogen) atoms. The summed E-state index contributed by atoms with van der Waals surface area (Å²) in [4.78, 5) is 12.7. The molecule has 0 bridgehead atoms. The van der Waals surface area contributed by atoms with Crippen molar-refractivity contribution in [3.05, 3.63) is 0 Å². The topological polar surface area (TPSA) is 26.3 Å². The third kappa shape index (κ3) is 3.56. The zero-order valence-corrected chi connectivity index (χ0v) is 10.8. The number of esters is 1. The molecule has 0 radical (unpaired) electrons. The molecule has 0 amide bonds. The minimum Gasteiger partial charge on any atom is -0.469 e. The molecule has 0 aromatic rings. The number of rotatable bonds is 4. The summed E-state index contributed by atoms with van der Waals surface area (Å²) in [5.74, 6) is 0.357. The van der Waals surface area contributed by atoms with Crippen molar-refractivity contribution >= 4 is 23.1 Å². The predicted molar refractivity (Wildman–Crippen MR) is 64.9 cm³/mol. The lowest BCUT2D eigenvalue weighted by Gasteiger charge is -2.28.